The van der Waals surface area contributed by atoms with Gasteiger partial charge in [-0.3, -0.25) is 0 Å². The maximum absolute atomic E-state index is 14.7. The fraction of sp³-hybridized carbons (Fsp3) is 0.684. The van der Waals surface area contributed by atoms with Gasteiger partial charge in [0.25, 0.3) is 0 Å². The van der Waals surface area contributed by atoms with Crippen molar-refractivity contribution in [2.45, 2.75) is 74.7 Å². The largest absolute Gasteiger partial charge is 0.495 e. The average molecular weight is 427 g/mol. The molecule has 0 spiro atoms. The van der Waals surface area contributed by atoms with Crippen LogP contribution in [0.3, 0.4) is 0 Å². The molecule has 0 aromatic heterocycles. The first-order valence-electron chi connectivity index (χ1n) is 9.68. The SMILES string of the molecule is Cc1c(F)cc(S(=O)(=O)NC23COC(CO)(C2)C3)cc1B1OC(C)(C)C(C)(C)O1. The molecule has 10 heteroatoms. The highest BCUT2D eigenvalue weighted by Gasteiger charge is 2.63. The highest BCUT2D eigenvalue weighted by atomic mass is 32.2. The zero-order chi connectivity index (χ0) is 21.5. The molecule has 5 rings (SSSR count). The van der Waals surface area contributed by atoms with Gasteiger partial charge in [-0.15, -0.1) is 0 Å². The summed E-state index contributed by atoms with van der Waals surface area (Å²) in [5.41, 5.74) is -2.04. The Morgan fingerprint density at radius 2 is 1.76 bits per heavy atom. The maximum Gasteiger partial charge on any atom is 0.495 e. The van der Waals surface area contributed by atoms with E-state index in [0.29, 0.717) is 18.3 Å². The Morgan fingerprint density at radius 1 is 1.17 bits per heavy atom. The molecule has 4 aliphatic rings. The summed E-state index contributed by atoms with van der Waals surface area (Å²) in [4.78, 5) is -0.187. The summed E-state index contributed by atoms with van der Waals surface area (Å²) in [6.45, 7) is 9.12. The second-order valence-electron chi connectivity index (χ2n) is 9.58. The lowest BCUT2D eigenvalue weighted by molar-refractivity contribution is -0.0482. The lowest BCUT2D eigenvalue weighted by Crippen LogP contribution is -2.60. The van der Waals surface area contributed by atoms with Crippen molar-refractivity contribution in [1.29, 1.82) is 0 Å². The minimum absolute atomic E-state index is 0.151. The third-order valence-corrected chi connectivity index (χ3v) is 8.35. The van der Waals surface area contributed by atoms with Gasteiger partial charge in [0.15, 0.2) is 0 Å². The summed E-state index contributed by atoms with van der Waals surface area (Å²) in [6, 6.07) is 2.42. The predicted molar refractivity (Wildman–Crippen MR) is 105 cm³/mol. The molecule has 1 aromatic rings. The summed E-state index contributed by atoms with van der Waals surface area (Å²) in [5.74, 6) is -0.643. The zero-order valence-corrected chi connectivity index (χ0v) is 18.2. The minimum atomic E-state index is -4.01. The fourth-order valence-corrected chi connectivity index (χ4v) is 5.76. The number of nitrogens with one attached hydrogen (secondary N) is 1. The van der Waals surface area contributed by atoms with E-state index in [-0.39, 0.29) is 23.7 Å². The molecule has 4 fully saturated rings. The van der Waals surface area contributed by atoms with Crippen molar-refractivity contribution in [1.82, 2.24) is 4.72 Å². The van der Waals surface area contributed by atoms with Gasteiger partial charge in [-0.25, -0.2) is 17.5 Å². The van der Waals surface area contributed by atoms with Crippen LogP contribution in [0.1, 0.15) is 46.1 Å². The quantitative estimate of drug-likeness (QED) is 0.682. The van der Waals surface area contributed by atoms with E-state index in [2.05, 4.69) is 4.72 Å². The van der Waals surface area contributed by atoms with E-state index in [1.807, 2.05) is 27.7 Å². The Labute approximate surface area is 171 Å². The molecule has 3 aliphatic heterocycles. The predicted octanol–water partition coefficient (Wildman–Crippen LogP) is 1.01. The molecule has 2 N–H and O–H groups in total. The van der Waals surface area contributed by atoms with Gasteiger partial charge in [0.2, 0.25) is 10.0 Å². The molecule has 1 saturated carbocycles. The number of benzene rings is 1. The van der Waals surface area contributed by atoms with Crippen molar-refractivity contribution in [2.24, 2.45) is 0 Å². The lowest BCUT2D eigenvalue weighted by atomic mass is 9.69. The van der Waals surface area contributed by atoms with E-state index < -0.39 is 45.3 Å². The summed E-state index contributed by atoms with van der Waals surface area (Å²) < 4.78 is 60.9. The number of halogens is 1. The summed E-state index contributed by atoms with van der Waals surface area (Å²) in [7, 11) is -4.88. The number of aliphatic hydroxyl groups is 1. The Bertz CT molecular complexity index is 942. The number of hydrogen-bond acceptors (Lipinski definition) is 6. The van der Waals surface area contributed by atoms with E-state index in [9.17, 15) is 17.9 Å². The average Bonchev–Trinajstić information content (AvgIpc) is 3.17. The molecule has 0 radical (unpaired) electrons. The van der Waals surface area contributed by atoms with Gasteiger partial charge in [0, 0.05) is 12.8 Å². The fourth-order valence-electron chi connectivity index (χ4n) is 4.32. The van der Waals surface area contributed by atoms with Crippen molar-refractivity contribution in [3.63, 3.8) is 0 Å². The van der Waals surface area contributed by atoms with Crippen molar-refractivity contribution >= 4 is 22.6 Å². The van der Waals surface area contributed by atoms with Crippen LogP contribution in [0.4, 0.5) is 4.39 Å². The van der Waals surface area contributed by atoms with Crippen LogP contribution in [-0.4, -0.2) is 56.2 Å². The summed E-state index contributed by atoms with van der Waals surface area (Å²) >= 11 is 0. The molecule has 3 saturated heterocycles. The smallest absolute Gasteiger partial charge is 0.399 e. The molecule has 0 atom stereocenters. The highest BCUT2D eigenvalue weighted by molar-refractivity contribution is 7.89. The van der Waals surface area contributed by atoms with Crippen LogP contribution >= 0.6 is 0 Å². The third-order valence-electron chi connectivity index (χ3n) is 6.79. The third kappa shape index (κ3) is 3.25. The van der Waals surface area contributed by atoms with Crippen LogP contribution in [0.2, 0.25) is 0 Å². The lowest BCUT2D eigenvalue weighted by Gasteiger charge is -2.43. The van der Waals surface area contributed by atoms with Crippen LogP contribution < -0.4 is 10.2 Å². The van der Waals surface area contributed by atoms with Crippen molar-refractivity contribution in [2.75, 3.05) is 13.2 Å². The van der Waals surface area contributed by atoms with Crippen molar-refractivity contribution in [3.8, 4) is 0 Å². The topological polar surface area (TPSA) is 94.1 Å². The molecule has 0 unspecified atom stereocenters. The molecule has 7 nitrogen and oxygen atoms in total. The van der Waals surface area contributed by atoms with Crippen LogP contribution in [0.25, 0.3) is 0 Å². The van der Waals surface area contributed by atoms with Gasteiger partial charge < -0.3 is 19.2 Å². The Kier molecular flexibility index (Phi) is 4.56. The van der Waals surface area contributed by atoms with E-state index >= 15 is 0 Å². The first kappa shape index (κ1) is 21.2. The van der Waals surface area contributed by atoms with E-state index in [0.717, 1.165) is 6.07 Å². The van der Waals surface area contributed by atoms with Gasteiger partial charge >= 0.3 is 7.12 Å². The molecule has 1 aromatic carbocycles. The van der Waals surface area contributed by atoms with E-state index in [1.54, 1.807) is 6.92 Å². The second-order valence-corrected chi connectivity index (χ2v) is 11.3. The minimum Gasteiger partial charge on any atom is -0.399 e. The molecule has 1 aliphatic carbocycles. The number of rotatable bonds is 5. The Hall–Kier alpha value is -1.04. The first-order chi connectivity index (χ1) is 13.2. The number of fused-ring (bicyclic) bond motifs is 1. The second kappa shape index (κ2) is 6.24. The van der Waals surface area contributed by atoms with Crippen molar-refractivity contribution < 1.29 is 32.0 Å². The van der Waals surface area contributed by atoms with E-state index in [4.69, 9.17) is 14.0 Å². The highest BCUT2D eigenvalue weighted by Crippen LogP contribution is 2.51. The van der Waals surface area contributed by atoms with Gasteiger partial charge in [-0.1, -0.05) is 0 Å². The number of hydrogen-bond donors (Lipinski definition) is 2. The number of ether oxygens (including phenoxy) is 1. The molecule has 2 bridgehead atoms. The zero-order valence-electron chi connectivity index (χ0n) is 17.3. The van der Waals surface area contributed by atoms with Crippen LogP contribution in [-0.2, 0) is 24.1 Å². The first-order valence-corrected chi connectivity index (χ1v) is 11.2. The van der Waals surface area contributed by atoms with Crippen LogP contribution in [0, 0.1) is 12.7 Å². The summed E-state index contributed by atoms with van der Waals surface area (Å²) in [6.07, 6.45) is 0.794. The number of aliphatic hydroxyl groups excluding tert-OH is 1. The van der Waals surface area contributed by atoms with Gasteiger partial charge in [-0.2, -0.15) is 0 Å². The normalized spacial score (nSPS) is 32.4. The van der Waals surface area contributed by atoms with Gasteiger partial charge in [0.1, 0.15) is 5.82 Å². The molecule has 0 amide bonds. The number of sulfonamides is 1. The maximum atomic E-state index is 14.7. The molecule has 160 valence electrons. The standard InChI is InChI=1S/C19H27BFNO6S/c1-12-14(20-27-16(2,3)17(4,5)28-20)6-13(7-15(12)21)29(24,25)22-18-8-19(9-18,10-23)26-11-18/h6-7,22-23H,8-11H2,1-5H3. The van der Waals surface area contributed by atoms with Crippen LogP contribution in [0.5, 0.6) is 0 Å². The van der Waals surface area contributed by atoms with E-state index in [1.165, 1.54) is 6.07 Å². The Balaban J connectivity index is 1.64. The Morgan fingerprint density at radius 3 is 2.28 bits per heavy atom. The van der Waals surface area contributed by atoms with Crippen molar-refractivity contribution in [3.05, 3.63) is 23.5 Å². The van der Waals surface area contributed by atoms with Gasteiger partial charge in [-0.05, 0) is 57.8 Å². The molecular formula is C19H27BFNO6S. The molecule has 3 heterocycles. The monoisotopic (exact) mass is 427 g/mol. The molecule has 29 heavy (non-hydrogen) atoms. The van der Waals surface area contributed by atoms with Crippen LogP contribution in [0.15, 0.2) is 17.0 Å². The summed E-state index contributed by atoms with van der Waals surface area (Å²) in [5, 5.41) is 9.42. The molecular weight excluding hydrogens is 400 g/mol. The van der Waals surface area contributed by atoms with Gasteiger partial charge in [0.05, 0.1) is 40.5 Å².